The van der Waals surface area contributed by atoms with E-state index in [4.69, 9.17) is 10.2 Å². The van der Waals surface area contributed by atoms with Crippen LogP contribution in [0.4, 0.5) is 0 Å². The van der Waals surface area contributed by atoms with Crippen LogP contribution in [-0.4, -0.2) is 11.9 Å². The topological polar surface area (TPSA) is 68.3 Å². The molecular weight excluding hydrogens is 228 g/mol. The fraction of sp³-hybridized carbons (Fsp3) is 0.357. The molecule has 0 radical (unpaired) electrons. The van der Waals surface area contributed by atoms with Gasteiger partial charge in [-0.15, -0.1) is 0 Å². The number of amides is 1. The lowest BCUT2D eigenvalue weighted by atomic mass is 10.1. The van der Waals surface area contributed by atoms with Crippen LogP contribution in [0, 0.1) is 0 Å². The quantitative estimate of drug-likeness (QED) is 0.847. The Balaban J connectivity index is 2.28. The zero-order valence-electron chi connectivity index (χ0n) is 10.7. The average molecular weight is 246 g/mol. The Morgan fingerprint density at radius 3 is 2.83 bits per heavy atom. The second-order valence-corrected chi connectivity index (χ2v) is 4.36. The van der Waals surface area contributed by atoms with Crippen molar-refractivity contribution in [3.8, 4) is 0 Å². The first-order chi connectivity index (χ1) is 8.63. The highest BCUT2D eigenvalue weighted by atomic mass is 16.3. The van der Waals surface area contributed by atoms with Gasteiger partial charge in [0.25, 0.3) is 0 Å². The van der Waals surface area contributed by atoms with E-state index in [0.29, 0.717) is 6.54 Å². The molecule has 2 aromatic rings. The molecular formula is C14H18N2O2. The van der Waals surface area contributed by atoms with Crippen molar-refractivity contribution in [2.75, 3.05) is 0 Å². The summed E-state index contributed by atoms with van der Waals surface area (Å²) in [6, 6.07) is 7.58. The van der Waals surface area contributed by atoms with Crippen molar-refractivity contribution < 1.29 is 9.21 Å². The van der Waals surface area contributed by atoms with E-state index in [1.54, 1.807) is 6.92 Å². The number of benzene rings is 1. The summed E-state index contributed by atoms with van der Waals surface area (Å²) in [5.74, 6) is 0.612. The van der Waals surface area contributed by atoms with E-state index in [1.165, 1.54) is 0 Å². The fourth-order valence-corrected chi connectivity index (χ4v) is 1.98. The molecule has 18 heavy (non-hydrogen) atoms. The first-order valence-electron chi connectivity index (χ1n) is 6.15. The summed E-state index contributed by atoms with van der Waals surface area (Å²) in [4.78, 5) is 11.0. The summed E-state index contributed by atoms with van der Waals surface area (Å²) >= 11 is 0. The molecule has 0 saturated carbocycles. The van der Waals surface area contributed by atoms with E-state index in [2.05, 4.69) is 12.2 Å². The Labute approximate surface area is 106 Å². The van der Waals surface area contributed by atoms with Gasteiger partial charge in [-0.2, -0.15) is 0 Å². The third-order valence-electron chi connectivity index (χ3n) is 3.11. The molecule has 0 aliphatic heterocycles. The van der Waals surface area contributed by atoms with Crippen LogP contribution in [0.3, 0.4) is 0 Å². The number of aryl methyl sites for hydroxylation is 1. The largest absolute Gasteiger partial charge is 0.461 e. The SMILES string of the molecule is CCc1oc2ccccc2c1CNC(C)C(N)=O. The van der Waals surface area contributed by atoms with Crippen molar-refractivity contribution in [3.63, 3.8) is 0 Å². The molecule has 1 aromatic heterocycles. The maximum absolute atomic E-state index is 11.0. The van der Waals surface area contributed by atoms with Crippen LogP contribution in [0.25, 0.3) is 11.0 Å². The minimum atomic E-state index is -0.346. The fourth-order valence-electron chi connectivity index (χ4n) is 1.98. The standard InChI is InChI=1S/C14H18N2O2/c1-3-12-11(8-16-9(2)14(15)17)10-6-4-5-7-13(10)18-12/h4-7,9,16H,3,8H2,1-2H3,(H2,15,17). The molecule has 1 heterocycles. The van der Waals surface area contributed by atoms with E-state index in [9.17, 15) is 4.79 Å². The van der Waals surface area contributed by atoms with E-state index in [-0.39, 0.29) is 11.9 Å². The summed E-state index contributed by atoms with van der Waals surface area (Å²) in [6.07, 6.45) is 0.830. The van der Waals surface area contributed by atoms with Crippen LogP contribution < -0.4 is 11.1 Å². The van der Waals surface area contributed by atoms with Gasteiger partial charge in [-0.1, -0.05) is 25.1 Å². The van der Waals surface area contributed by atoms with Crippen LogP contribution in [0.2, 0.25) is 0 Å². The molecule has 0 saturated heterocycles. The Hall–Kier alpha value is -1.81. The van der Waals surface area contributed by atoms with Crippen LogP contribution in [0.5, 0.6) is 0 Å². The second kappa shape index (κ2) is 5.23. The summed E-state index contributed by atoms with van der Waals surface area (Å²) in [5, 5.41) is 4.21. The van der Waals surface area contributed by atoms with Crippen molar-refractivity contribution in [3.05, 3.63) is 35.6 Å². The monoisotopic (exact) mass is 246 g/mol. The second-order valence-electron chi connectivity index (χ2n) is 4.36. The van der Waals surface area contributed by atoms with Gasteiger partial charge in [0.2, 0.25) is 5.91 Å². The normalized spacial score (nSPS) is 12.8. The van der Waals surface area contributed by atoms with E-state index < -0.39 is 0 Å². The summed E-state index contributed by atoms with van der Waals surface area (Å²) in [6.45, 7) is 4.40. The van der Waals surface area contributed by atoms with Crippen LogP contribution in [-0.2, 0) is 17.8 Å². The summed E-state index contributed by atoms with van der Waals surface area (Å²) < 4.78 is 5.78. The van der Waals surface area contributed by atoms with Crippen molar-refractivity contribution in [1.29, 1.82) is 0 Å². The minimum Gasteiger partial charge on any atom is -0.461 e. The van der Waals surface area contributed by atoms with E-state index >= 15 is 0 Å². The molecule has 1 aromatic carbocycles. The number of para-hydroxylation sites is 1. The van der Waals surface area contributed by atoms with Crippen molar-refractivity contribution in [1.82, 2.24) is 5.32 Å². The maximum atomic E-state index is 11.0. The molecule has 0 spiro atoms. The van der Waals surface area contributed by atoms with E-state index in [1.807, 2.05) is 24.3 Å². The molecule has 2 rings (SSSR count). The molecule has 4 heteroatoms. The molecule has 1 atom stereocenters. The molecule has 4 nitrogen and oxygen atoms in total. The lowest BCUT2D eigenvalue weighted by Crippen LogP contribution is -2.38. The highest BCUT2D eigenvalue weighted by Crippen LogP contribution is 2.26. The molecule has 96 valence electrons. The van der Waals surface area contributed by atoms with Crippen LogP contribution in [0.15, 0.2) is 28.7 Å². The van der Waals surface area contributed by atoms with E-state index in [0.717, 1.165) is 28.7 Å². The Kier molecular flexibility index (Phi) is 3.67. The maximum Gasteiger partial charge on any atom is 0.234 e. The predicted octanol–water partition coefficient (Wildman–Crippen LogP) is 1.96. The molecule has 3 N–H and O–H groups in total. The molecule has 1 amide bonds. The van der Waals surface area contributed by atoms with Gasteiger partial charge < -0.3 is 15.5 Å². The van der Waals surface area contributed by atoms with Gasteiger partial charge in [-0.25, -0.2) is 0 Å². The number of nitrogens with two attached hydrogens (primary N) is 1. The number of primary amides is 1. The highest BCUT2D eigenvalue weighted by Gasteiger charge is 2.14. The highest BCUT2D eigenvalue weighted by molar-refractivity contribution is 5.82. The number of fused-ring (bicyclic) bond motifs is 1. The predicted molar refractivity (Wildman–Crippen MR) is 71.1 cm³/mol. The van der Waals surface area contributed by atoms with Gasteiger partial charge in [0, 0.05) is 23.9 Å². The first kappa shape index (κ1) is 12.6. The Morgan fingerprint density at radius 1 is 1.44 bits per heavy atom. The van der Waals surface area contributed by atoms with Gasteiger partial charge in [0.15, 0.2) is 0 Å². The Bertz CT molecular complexity index is 560. The van der Waals surface area contributed by atoms with Crippen molar-refractivity contribution >= 4 is 16.9 Å². The van der Waals surface area contributed by atoms with Gasteiger partial charge in [0.05, 0.1) is 6.04 Å². The first-order valence-corrected chi connectivity index (χ1v) is 6.15. The van der Waals surface area contributed by atoms with Gasteiger partial charge >= 0.3 is 0 Å². The number of hydrogen-bond acceptors (Lipinski definition) is 3. The van der Waals surface area contributed by atoms with Gasteiger partial charge in [-0.3, -0.25) is 4.79 Å². The zero-order valence-corrected chi connectivity index (χ0v) is 10.7. The van der Waals surface area contributed by atoms with Crippen LogP contribution in [0.1, 0.15) is 25.2 Å². The summed E-state index contributed by atoms with van der Waals surface area (Å²) in [7, 11) is 0. The van der Waals surface area contributed by atoms with Gasteiger partial charge in [-0.05, 0) is 13.0 Å². The lowest BCUT2D eigenvalue weighted by molar-refractivity contribution is -0.119. The number of furan rings is 1. The zero-order chi connectivity index (χ0) is 13.1. The lowest BCUT2D eigenvalue weighted by Gasteiger charge is -2.09. The molecule has 1 unspecified atom stereocenters. The number of hydrogen-bond donors (Lipinski definition) is 2. The molecule has 0 fully saturated rings. The number of rotatable bonds is 5. The number of nitrogens with one attached hydrogen (secondary N) is 1. The Morgan fingerprint density at radius 2 is 2.17 bits per heavy atom. The van der Waals surface area contributed by atoms with Gasteiger partial charge in [0.1, 0.15) is 11.3 Å². The third kappa shape index (κ3) is 2.38. The molecule has 0 bridgehead atoms. The van der Waals surface area contributed by atoms with Crippen molar-refractivity contribution in [2.24, 2.45) is 5.73 Å². The van der Waals surface area contributed by atoms with Crippen LogP contribution >= 0.6 is 0 Å². The number of carbonyl (C=O) groups excluding carboxylic acids is 1. The third-order valence-corrected chi connectivity index (χ3v) is 3.11. The average Bonchev–Trinajstić information content (AvgIpc) is 2.73. The minimum absolute atomic E-state index is 0.344. The smallest absolute Gasteiger partial charge is 0.234 e. The summed E-state index contributed by atoms with van der Waals surface area (Å²) in [5.41, 5.74) is 7.23. The molecule has 0 aliphatic rings. The number of carbonyl (C=O) groups is 1. The van der Waals surface area contributed by atoms with Crippen molar-refractivity contribution in [2.45, 2.75) is 32.9 Å². The molecule has 0 aliphatic carbocycles.